The molecule has 8 aromatic carbocycles. The van der Waals surface area contributed by atoms with Crippen LogP contribution in [-0.2, 0) is 0 Å². The minimum absolute atomic E-state index is 0.636. The summed E-state index contributed by atoms with van der Waals surface area (Å²) in [6.45, 7) is 0. The second kappa shape index (κ2) is 11.7. The molecule has 0 aliphatic rings. The van der Waals surface area contributed by atoms with Gasteiger partial charge in [-0.3, -0.25) is 4.98 Å². The van der Waals surface area contributed by atoms with Crippen LogP contribution in [0, 0.1) is 0 Å². The lowest BCUT2D eigenvalue weighted by Gasteiger charge is -2.11. The van der Waals surface area contributed by atoms with Gasteiger partial charge in [0, 0.05) is 45.2 Å². The predicted octanol–water partition coefficient (Wildman–Crippen LogP) is 12.4. The molecule has 53 heavy (non-hydrogen) atoms. The third-order valence-electron chi connectivity index (χ3n) is 10.3. The largest absolute Gasteiger partial charge is 0.456 e. The van der Waals surface area contributed by atoms with Crippen molar-refractivity contribution in [2.45, 2.75) is 0 Å². The van der Waals surface area contributed by atoms with Crippen molar-refractivity contribution in [2.75, 3.05) is 0 Å². The fourth-order valence-electron chi connectivity index (χ4n) is 7.61. The Kier molecular flexibility index (Phi) is 6.48. The summed E-state index contributed by atoms with van der Waals surface area (Å²) in [6.07, 6.45) is 3.74. The third-order valence-corrected chi connectivity index (χ3v) is 10.3. The van der Waals surface area contributed by atoms with Crippen LogP contribution in [0.25, 0.3) is 110 Å². The van der Waals surface area contributed by atoms with Crippen LogP contribution in [0.4, 0.5) is 0 Å². The fourth-order valence-corrected chi connectivity index (χ4v) is 7.61. The first-order valence-corrected chi connectivity index (χ1v) is 17.7. The first-order chi connectivity index (χ1) is 26.2. The molecule has 0 aliphatic carbocycles. The Morgan fingerprint density at radius 3 is 1.42 bits per heavy atom. The summed E-state index contributed by atoms with van der Waals surface area (Å²) in [5.41, 5.74) is 6.87. The lowest BCUT2D eigenvalue weighted by Crippen LogP contribution is -2.00. The first kappa shape index (κ1) is 29.5. The summed E-state index contributed by atoms with van der Waals surface area (Å²) in [5.74, 6) is 1.92. The third kappa shape index (κ3) is 5.01. The van der Waals surface area contributed by atoms with Gasteiger partial charge in [-0.15, -0.1) is 0 Å². The summed E-state index contributed by atoms with van der Waals surface area (Å²) in [7, 11) is 0. The van der Waals surface area contributed by atoms with Gasteiger partial charge in [-0.2, -0.15) is 0 Å². The number of fused-ring (bicyclic) bond motifs is 8. The van der Waals surface area contributed by atoms with Gasteiger partial charge in [-0.05, 0) is 103 Å². The van der Waals surface area contributed by atoms with Crippen LogP contribution in [0.3, 0.4) is 0 Å². The number of aromatic nitrogens is 4. The van der Waals surface area contributed by atoms with Crippen molar-refractivity contribution in [3.8, 4) is 45.3 Å². The molecule has 5 nitrogen and oxygen atoms in total. The first-order valence-electron chi connectivity index (χ1n) is 17.7. The quantitative estimate of drug-likeness (QED) is 0.186. The SMILES string of the molecule is c1ccc2cc(-c3nc(-c4ccc5ccccc5c4)nc(-c4ccc5cc(-c6ccc7oc8ccc9cnccc9c8c7c6)ccc5c4)n3)ccc2c1. The minimum atomic E-state index is 0.636. The molecule has 0 aliphatic heterocycles. The van der Waals surface area contributed by atoms with Gasteiger partial charge < -0.3 is 4.42 Å². The smallest absolute Gasteiger partial charge is 0.164 e. The number of hydrogen-bond donors (Lipinski definition) is 0. The maximum Gasteiger partial charge on any atom is 0.164 e. The Labute approximate surface area is 303 Å². The average Bonchev–Trinajstić information content (AvgIpc) is 3.61. The number of hydrogen-bond acceptors (Lipinski definition) is 5. The molecule has 0 fully saturated rings. The van der Waals surface area contributed by atoms with E-state index in [1.54, 1.807) is 0 Å². The average molecular weight is 677 g/mol. The maximum absolute atomic E-state index is 6.25. The number of rotatable bonds is 4. The minimum Gasteiger partial charge on any atom is -0.456 e. The highest BCUT2D eigenvalue weighted by atomic mass is 16.3. The zero-order valence-corrected chi connectivity index (χ0v) is 28.4. The number of furan rings is 1. The summed E-state index contributed by atoms with van der Waals surface area (Å²) in [6, 6.07) is 55.2. The molecule has 3 heterocycles. The van der Waals surface area contributed by atoms with Gasteiger partial charge in [-0.25, -0.2) is 15.0 Å². The highest BCUT2D eigenvalue weighted by Crippen LogP contribution is 2.37. The Morgan fingerprint density at radius 1 is 0.340 bits per heavy atom. The van der Waals surface area contributed by atoms with E-state index in [0.29, 0.717) is 17.5 Å². The zero-order chi connectivity index (χ0) is 34.9. The highest BCUT2D eigenvalue weighted by molar-refractivity contribution is 6.19. The van der Waals surface area contributed by atoms with E-state index in [1.807, 2.05) is 18.5 Å². The Balaban J connectivity index is 1.02. The van der Waals surface area contributed by atoms with E-state index in [2.05, 4.69) is 157 Å². The van der Waals surface area contributed by atoms with E-state index in [9.17, 15) is 0 Å². The van der Waals surface area contributed by atoms with E-state index < -0.39 is 0 Å². The van der Waals surface area contributed by atoms with Crippen LogP contribution in [0.2, 0.25) is 0 Å². The molecule has 0 unspecified atom stereocenters. The van der Waals surface area contributed by atoms with E-state index in [1.165, 1.54) is 10.8 Å². The van der Waals surface area contributed by atoms with Crippen molar-refractivity contribution in [2.24, 2.45) is 0 Å². The normalized spacial score (nSPS) is 11.8. The van der Waals surface area contributed by atoms with Crippen molar-refractivity contribution in [3.63, 3.8) is 0 Å². The van der Waals surface area contributed by atoms with Crippen LogP contribution in [0.5, 0.6) is 0 Å². The molecule has 0 spiro atoms. The Hall–Kier alpha value is -7.24. The van der Waals surface area contributed by atoms with Gasteiger partial charge in [0.2, 0.25) is 0 Å². The second-order valence-corrected chi connectivity index (χ2v) is 13.6. The van der Waals surface area contributed by atoms with Gasteiger partial charge in [0.1, 0.15) is 11.2 Å². The molecular formula is C48H28N4O. The molecule has 0 radical (unpaired) electrons. The van der Waals surface area contributed by atoms with Crippen LogP contribution >= 0.6 is 0 Å². The lowest BCUT2D eigenvalue weighted by atomic mass is 9.98. The number of nitrogens with zero attached hydrogens (tertiary/aromatic N) is 4. The number of pyridine rings is 1. The molecule has 0 amide bonds. The zero-order valence-electron chi connectivity index (χ0n) is 28.4. The van der Waals surface area contributed by atoms with Crippen LogP contribution in [-0.4, -0.2) is 19.9 Å². The van der Waals surface area contributed by atoms with Crippen LogP contribution in [0.1, 0.15) is 0 Å². The Morgan fingerprint density at radius 2 is 0.792 bits per heavy atom. The van der Waals surface area contributed by atoms with Gasteiger partial charge in [0.25, 0.3) is 0 Å². The molecule has 5 heteroatoms. The van der Waals surface area contributed by atoms with E-state index >= 15 is 0 Å². The molecular weight excluding hydrogens is 649 g/mol. The molecule has 0 atom stereocenters. The topological polar surface area (TPSA) is 64.7 Å². The maximum atomic E-state index is 6.25. The van der Waals surface area contributed by atoms with E-state index in [4.69, 9.17) is 19.4 Å². The van der Waals surface area contributed by atoms with Crippen LogP contribution < -0.4 is 0 Å². The second-order valence-electron chi connectivity index (χ2n) is 13.6. The molecule has 0 bridgehead atoms. The molecule has 246 valence electrons. The summed E-state index contributed by atoms with van der Waals surface area (Å²) >= 11 is 0. The van der Waals surface area contributed by atoms with Crippen LogP contribution in [0.15, 0.2) is 175 Å². The van der Waals surface area contributed by atoms with E-state index in [-0.39, 0.29) is 0 Å². The Bertz CT molecular complexity index is 3160. The van der Waals surface area contributed by atoms with Crippen molar-refractivity contribution in [1.29, 1.82) is 0 Å². The molecule has 0 saturated carbocycles. The predicted molar refractivity (Wildman–Crippen MR) is 217 cm³/mol. The molecule has 3 aromatic heterocycles. The molecule has 11 aromatic rings. The van der Waals surface area contributed by atoms with Gasteiger partial charge in [0.05, 0.1) is 0 Å². The molecule has 0 saturated heterocycles. The lowest BCUT2D eigenvalue weighted by molar-refractivity contribution is 0.669. The van der Waals surface area contributed by atoms with Gasteiger partial charge in [0.15, 0.2) is 17.5 Å². The number of benzene rings is 8. The highest BCUT2D eigenvalue weighted by Gasteiger charge is 2.15. The van der Waals surface area contributed by atoms with Gasteiger partial charge >= 0.3 is 0 Å². The van der Waals surface area contributed by atoms with Crippen molar-refractivity contribution < 1.29 is 4.42 Å². The molecule has 0 N–H and O–H groups in total. The monoisotopic (exact) mass is 676 g/mol. The standard InChI is InChI=1S/C48H28N4O/c1-3-7-31-24-37(14-9-29(31)5-1)46-50-47(38-15-10-30-6-2-4-8-32(30)25-38)52-48(51-46)39-16-13-33-23-34(11-12-35(33)26-39)36-17-19-43-42(27-36)45-41-21-22-49-28-40(41)18-20-44(45)53-43/h1-28H. The molecule has 11 rings (SSSR count). The van der Waals surface area contributed by atoms with Gasteiger partial charge in [-0.1, -0.05) is 103 Å². The van der Waals surface area contributed by atoms with E-state index in [0.717, 1.165) is 82.1 Å². The fraction of sp³-hybridized carbons (Fsp3) is 0. The van der Waals surface area contributed by atoms with Crippen molar-refractivity contribution in [3.05, 3.63) is 170 Å². The summed E-state index contributed by atoms with van der Waals surface area (Å²) < 4.78 is 6.25. The van der Waals surface area contributed by atoms with Crippen molar-refractivity contribution >= 4 is 65.0 Å². The summed E-state index contributed by atoms with van der Waals surface area (Å²) in [5, 5.41) is 11.4. The summed E-state index contributed by atoms with van der Waals surface area (Å²) in [4.78, 5) is 19.5. The van der Waals surface area contributed by atoms with Crippen molar-refractivity contribution in [1.82, 2.24) is 19.9 Å².